The third-order valence-corrected chi connectivity index (χ3v) is 6.30. The molecule has 5 rings (SSSR count). The highest BCUT2D eigenvalue weighted by atomic mass is 19.1. The number of carboxylic acid groups (broad SMARTS) is 1. The largest absolute Gasteiger partial charge is 0.481 e. The second kappa shape index (κ2) is 4.64. The SMILES string of the molecule is O=C(O)C[C@]1(c2ccc(F)cc2)C2CC3CC(C2)C(=O)C1C3. The normalized spacial score (nSPS) is 39.2. The van der Waals surface area contributed by atoms with Gasteiger partial charge in [0.15, 0.2) is 0 Å². The van der Waals surface area contributed by atoms with Crippen molar-refractivity contribution >= 4 is 11.8 Å². The number of benzene rings is 1. The summed E-state index contributed by atoms with van der Waals surface area (Å²) < 4.78 is 13.3. The van der Waals surface area contributed by atoms with Crippen LogP contribution in [-0.4, -0.2) is 16.9 Å². The third kappa shape index (κ3) is 1.79. The lowest BCUT2D eigenvalue weighted by Crippen LogP contribution is -2.60. The van der Waals surface area contributed by atoms with E-state index >= 15 is 0 Å². The van der Waals surface area contributed by atoms with Crippen LogP contribution < -0.4 is 0 Å². The van der Waals surface area contributed by atoms with Crippen molar-refractivity contribution in [1.29, 1.82) is 0 Å². The molecule has 3 nitrogen and oxygen atoms in total. The number of Topliss-reactive ketones (excluding diaryl/α,β-unsaturated/α-hetero) is 1. The van der Waals surface area contributed by atoms with E-state index in [2.05, 4.69) is 0 Å². The highest BCUT2D eigenvalue weighted by Crippen LogP contribution is 2.62. The molecule has 0 radical (unpaired) electrons. The Morgan fingerprint density at radius 1 is 1.18 bits per heavy atom. The molecule has 4 saturated carbocycles. The minimum absolute atomic E-state index is 0.0286. The molecule has 4 unspecified atom stereocenters. The number of carbonyl (C=O) groups is 2. The lowest BCUT2D eigenvalue weighted by atomic mass is 9.42. The van der Waals surface area contributed by atoms with Crippen LogP contribution in [0, 0.1) is 29.5 Å². The monoisotopic (exact) mass is 302 g/mol. The van der Waals surface area contributed by atoms with Gasteiger partial charge in [-0.2, -0.15) is 0 Å². The number of hydrogen-bond donors (Lipinski definition) is 1. The molecule has 22 heavy (non-hydrogen) atoms. The quantitative estimate of drug-likeness (QED) is 0.933. The summed E-state index contributed by atoms with van der Waals surface area (Å²) in [5.74, 6) is -0.231. The van der Waals surface area contributed by atoms with Gasteiger partial charge in [-0.15, -0.1) is 0 Å². The highest BCUT2D eigenvalue weighted by Gasteiger charge is 2.62. The van der Waals surface area contributed by atoms with E-state index in [1.807, 2.05) is 0 Å². The van der Waals surface area contributed by atoms with E-state index in [1.165, 1.54) is 12.1 Å². The summed E-state index contributed by atoms with van der Waals surface area (Å²) in [6.45, 7) is 0. The van der Waals surface area contributed by atoms with Gasteiger partial charge in [0.1, 0.15) is 11.6 Å². The van der Waals surface area contributed by atoms with Crippen molar-refractivity contribution in [3.05, 3.63) is 35.6 Å². The van der Waals surface area contributed by atoms with Crippen LogP contribution in [0.2, 0.25) is 0 Å². The smallest absolute Gasteiger partial charge is 0.304 e. The first-order valence-corrected chi connectivity index (χ1v) is 8.02. The summed E-state index contributed by atoms with van der Waals surface area (Å²) in [5.41, 5.74) is 0.197. The third-order valence-electron chi connectivity index (χ3n) is 6.30. The van der Waals surface area contributed by atoms with Crippen LogP contribution >= 0.6 is 0 Å². The highest BCUT2D eigenvalue weighted by molar-refractivity contribution is 5.88. The fourth-order valence-corrected chi connectivity index (χ4v) is 5.58. The Labute approximate surface area is 128 Å². The molecule has 0 saturated heterocycles. The van der Waals surface area contributed by atoms with Crippen molar-refractivity contribution in [1.82, 2.24) is 0 Å². The maximum atomic E-state index is 13.3. The first kappa shape index (κ1) is 13.9. The van der Waals surface area contributed by atoms with Crippen molar-refractivity contribution < 1.29 is 19.1 Å². The van der Waals surface area contributed by atoms with Gasteiger partial charge in [0.2, 0.25) is 0 Å². The van der Waals surface area contributed by atoms with Crippen LogP contribution in [0.4, 0.5) is 4.39 Å². The summed E-state index contributed by atoms with van der Waals surface area (Å²) in [5, 5.41) is 9.48. The van der Waals surface area contributed by atoms with E-state index in [0.29, 0.717) is 5.92 Å². The number of halogens is 1. The van der Waals surface area contributed by atoms with E-state index in [0.717, 1.165) is 31.2 Å². The lowest BCUT2D eigenvalue weighted by molar-refractivity contribution is -0.156. The second-order valence-corrected chi connectivity index (χ2v) is 7.28. The molecule has 4 bridgehead atoms. The zero-order valence-electron chi connectivity index (χ0n) is 12.3. The molecular weight excluding hydrogens is 283 g/mol. The maximum Gasteiger partial charge on any atom is 0.304 e. The zero-order valence-corrected chi connectivity index (χ0v) is 12.3. The van der Waals surface area contributed by atoms with Crippen LogP contribution in [0.1, 0.15) is 37.7 Å². The van der Waals surface area contributed by atoms with Gasteiger partial charge in [-0.1, -0.05) is 12.1 Å². The fourth-order valence-electron chi connectivity index (χ4n) is 5.58. The van der Waals surface area contributed by atoms with Crippen molar-refractivity contribution in [2.24, 2.45) is 23.7 Å². The molecule has 0 spiro atoms. The Morgan fingerprint density at radius 3 is 2.59 bits per heavy atom. The molecule has 1 N–H and O–H groups in total. The number of rotatable bonds is 3. The van der Waals surface area contributed by atoms with Gasteiger partial charge < -0.3 is 5.11 Å². The molecule has 4 fully saturated rings. The molecule has 4 aliphatic carbocycles. The van der Waals surface area contributed by atoms with Gasteiger partial charge >= 0.3 is 5.97 Å². The first-order chi connectivity index (χ1) is 10.5. The first-order valence-electron chi connectivity index (χ1n) is 8.02. The average molecular weight is 302 g/mol. The molecule has 4 aliphatic rings. The van der Waals surface area contributed by atoms with E-state index in [9.17, 15) is 19.1 Å². The van der Waals surface area contributed by atoms with Gasteiger partial charge in [0.05, 0.1) is 6.42 Å². The van der Waals surface area contributed by atoms with Crippen LogP contribution in [0.15, 0.2) is 24.3 Å². The molecule has 4 heteroatoms. The Morgan fingerprint density at radius 2 is 1.91 bits per heavy atom. The molecule has 1 aromatic rings. The second-order valence-electron chi connectivity index (χ2n) is 7.28. The minimum atomic E-state index is -0.871. The number of aliphatic carboxylic acids is 1. The predicted octanol–water partition coefficient (Wildman–Crippen LogP) is 3.17. The Bertz CT molecular complexity index is 638. The van der Waals surface area contributed by atoms with E-state index < -0.39 is 11.4 Å². The topological polar surface area (TPSA) is 54.4 Å². The molecule has 0 amide bonds. The van der Waals surface area contributed by atoms with Gasteiger partial charge in [0.25, 0.3) is 0 Å². The van der Waals surface area contributed by atoms with Crippen LogP contribution in [0.3, 0.4) is 0 Å². The Balaban J connectivity index is 1.86. The number of ketones is 1. The number of carbonyl (C=O) groups excluding carboxylic acids is 1. The minimum Gasteiger partial charge on any atom is -0.481 e. The molecule has 1 aromatic carbocycles. The van der Waals surface area contributed by atoms with Gasteiger partial charge in [-0.05, 0) is 55.2 Å². The molecule has 5 atom stereocenters. The molecule has 0 aromatic heterocycles. The van der Waals surface area contributed by atoms with E-state index in [-0.39, 0.29) is 35.8 Å². The summed E-state index contributed by atoms with van der Waals surface area (Å²) in [4.78, 5) is 24.3. The van der Waals surface area contributed by atoms with Gasteiger partial charge in [-0.3, -0.25) is 9.59 Å². The van der Waals surface area contributed by atoms with Crippen LogP contribution in [0.5, 0.6) is 0 Å². The molecule has 116 valence electrons. The average Bonchev–Trinajstić information content (AvgIpc) is 2.48. The molecule has 0 heterocycles. The molecular formula is C18H19FO3. The zero-order chi connectivity index (χ0) is 15.5. The van der Waals surface area contributed by atoms with Crippen LogP contribution in [-0.2, 0) is 15.0 Å². The van der Waals surface area contributed by atoms with Crippen LogP contribution in [0.25, 0.3) is 0 Å². The summed E-state index contributed by atoms with van der Waals surface area (Å²) in [6, 6.07) is 6.14. The number of hydrogen-bond acceptors (Lipinski definition) is 2. The van der Waals surface area contributed by atoms with Crippen molar-refractivity contribution in [2.45, 2.75) is 37.5 Å². The van der Waals surface area contributed by atoms with Gasteiger partial charge in [0, 0.05) is 17.3 Å². The predicted molar refractivity (Wildman–Crippen MR) is 77.8 cm³/mol. The summed E-state index contributed by atoms with van der Waals surface area (Å²) >= 11 is 0. The van der Waals surface area contributed by atoms with Gasteiger partial charge in [-0.25, -0.2) is 4.39 Å². The Hall–Kier alpha value is -1.71. The number of carboxylic acids is 1. The molecule has 0 aliphatic heterocycles. The maximum absolute atomic E-state index is 13.3. The van der Waals surface area contributed by atoms with Crippen molar-refractivity contribution in [3.63, 3.8) is 0 Å². The summed E-state index contributed by atoms with van der Waals surface area (Å²) in [6.07, 6.45) is 3.56. The fraction of sp³-hybridized carbons (Fsp3) is 0.556. The lowest BCUT2D eigenvalue weighted by Gasteiger charge is -2.60. The van der Waals surface area contributed by atoms with E-state index in [1.54, 1.807) is 12.1 Å². The standard InChI is InChI=1S/C18H19FO3/c19-14-3-1-12(2-4-14)18(9-16(20)21)13-6-10-5-11(8-13)17(22)15(18)7-10/h1-4,10-11,13,15H,5-9H2,(H,20,21)/t10?,11?,13?,15?,18-/m0/s1. The summed E-state index contributed by atoms with van der Waals surface area (Å²) in [7, 11) is 0. The van der Waals surface area contributed by atoms with E-state index in [4.69, 9.17) is 0 Å². The Kier molecular flexibility index (Phi) is 2.94. The van der Waals surface area contributed by atoms with Crippen molar-refractivity contribution in [2.75, 3.05) is 0 Å². The van der Waals surface area contributed by atoms with Crippen molar-refractivity contribution in [3.8, 4) is 0 Å².